The predicted octanol–water partition coefficient (Wildman–Crippen LogP) is 3.76. The molecule has 1 amide bonds. The fourth-order valence-electron chi connectivity index (χ4n) is 3.95. The van der Waals surface area contributed by atoms with Gasteiger partial charge in [-0.25, -0.2) is 0 Å². The van der Waals surface area contributed by atoms with E-state index in [1.165, 1.54) is 6.20 Å². The van der Waals surface area contributed by atoms with Gasteiger partial charge >= 0.3 is 5.97 Å². The number of hydrogen-bond acceptors (Lipinski definition) is 3. The molecule has 1 aromatic heterocycles. The molecule has 1 fully saturated rings. The van der Waals surface area contributed by atoms with Crippen molar-refractivity contribution < 1.29 is 14.7 Å². The highest BCUT2D eigenvalue weighted by atomic mass is 35.5. The molecule has 0 saturated heterocycles. The van der Waals surface area contributed by atoms with E-state index in [2.05, 4.69) is 10.2 Å². The maximum atomic E-state index is 13.0. The van der Waals surface area contributed by atoms with Gasteiger partial charge in [0.25, 0.3) is 5.91 Å². The van der Waals surface area contributed by atoms with Crippen LogP contribution >= 0.6 is 11.6 Å². The Hall–Kier alpha value is -2.60. The van der Waals surface area contributed by atoms with Crippen LogP contribution in [-0.4, -0.2) is 45.2 Å². The molecule has 2 aromatic rings. The summed E-state index contributed by atoms with van der Waals surface area (Å²) < 4.78 is 0. The lowest BCUT2D eigenvalue weighted by atomic mass is 9.62. The molecular weight excluding hydrogens is 366 g/mol. The Bertz CT molecular complexity index is 913. The van der Waals surface area contributed by atoms with Crippen molar-refractivity contribution in [3.05, 3.63) is 52.7 Å². The quantitative estimate of drug-likeness (QED) is 0.784. The van der Waals surface area contributed by atoms with E-state index in [9.17, 15) is 14.7 Å². The minimum absolute atomic E-state index is 0.109. The Morgan fingerprint density at radius 3 is 2.52 bits per heavy atom. The molecule has 0 unspecified atom stereocenters. The van der Waals surface area contributed by atoms with Gasteiger partial charge in [0.15, 0.2) is 0 Å². The van der Waals surface area contributed by atoms with Crippen molar-refractivity contribution in [2.45, 2.75) is 25.7 Å². The Balaban J connectivity index is 1.53. The number of amides is 1. The topological polar surface area (TPSA) is 86.3 Å². The van der Waals surface area contributed by atoms with E-state index in [1.54, 1.807) is 17.0 Å². The van der Waals surface area contributed by atoms with Crippen molar-refractivity contribution in [3.63, 3.8) is 0 Å². The fourth-order valence-corrected chi connectivity index (χ4v) is 4.07. The van der Waals surface area contributed by atoms with Crippen LogP contribution in [0.3, 0.4) is 0 Å². The van der Waals surface area contributed by atoms with Crippen LogP contribution < -0.4 is 0 Å². The fraction of sp³-hybridized carbons (Fsp3) is 0.350. The number of carboxylic acid groups (broad SMARTS) is 1. The Morgan fingerprint density at radius 1 is 1.22 bits per heavy atom. The summed E-state index contributed by atoms with van der Waals surface area (Å²) in [6.45, 7) is 0.944. The summed E-state index contributed by atoms with van der Waals surface area (Å²) in [5.41, 5.74) is 2.28. The van der Waals surface area contributed by atoms with Gasteiger partial charge in [-0.3, -0.25) is 14.7 Å². The standard InChI is InChI=1S/C20H20ClN3O3/c21-15-4-2-13(3-5-15)17-16(12-22-23-17)18(25)24-10-6-14(7-11-24)20(19(26)27)8-1-9-20/h2-6,12H,1,7-11H2,(H,22,23)(H,26,27). The lowest BCUT2D eigenvalue weighted by Gasteiger charge is -2.42. The highest BCUT2D eigenvalue weighted by Crippen LogP contribution is 2.49. The van der Waals surface area contributed by atoms with Crippen LogP contribution in [0.5, 0.6) is 0 Å². The second-order valence-electron chi connectivity index (χ2n) is 7.14. The van der Waals surface area contributed by atoms with Gasteiger partial charge in [-0.2, -0.15) is 5.10 Å². The number of hydrogen-bond donors (Lipinski definition) is 2. The van der Waals surface area contributed by atoms with E-state index in [4.69, 9.17) is 11.6 Å². The smallest absolute Gasteiger partial charge is 0.313 e. The molecule has 7 heteroatoms. The third-order valence-electron chi connectivity index (χ3n) is 5.73. The van der Waals surface area contributed by atoms with Gasteiger partial charge in [0.1, 0.15) is 0 Å². The number of carbonyl (C=O) groups is 2. The molecule has 1 aromatic carbocycles. The molecule has 1 saturated carbocycles. The Labute approximate surface area is 161 Å². The zero-order valence-corrected chi connectivity index (χ0v) is 15.5. The van der Waals surface area contributed by atoms with E-state index in [-0.39, 0.29) is 5.91 Å². The van der Waals surface area contributed by atoms with Crippen LogP contribution in [0.2, 0.25) is 5.02 Å². The van der Waals surface area contributed by atoms with Crippen molar-refractivity contribution in [3.8, 4) is 11.3 Å². The summed E-state index contributed by atoms with van der Waals surface area (Å²) >= 11 is 5.94. The molecule has 2 N–H and O–H groups in total. The second-order valence-corrected chi connectivity index (χ2v) is 7.57. The van der Waals surface area contributed by atoms with E-state index in [1.807, 2.05) is 18.2 Å². The van der Waals surface area contributed by atoms with Gasteiger partial charge < -0.3 is 10.0 Å². The van der Waals surface area contributed by atoms with Crippen LogP contribution in [0.15, 0.2) is 42.1 Å². The molecule has 1 aliphatic carbocycles. The first-order chi connectivity index (χ1) is 13.0. The maximum absolute atomic E-state index is 13.0. The zero-order chi connectivity index (χ0) is 19.0. The highest BCUT2D eigenvalue weighted by molar-refractivity contribution is 6.30. The number of nitrogens with zero attached hydrogens (tertiary/aromatic N) is 2. The summed E-state index contributed by atoms with van der Waals surface area (Å²) in [7, 11) is 0. The molecular formula is C20H20ClN3O3. The zero-order valence-electron chi connectivity index (χ0n) is 14.7. The van der Waals surface area contributed by atoms with Crippen LogP contribution in [-0.2, 0) is 4.79 Å². The first-order valence-electron chi connectivity index (χ1n) is 9.03. The van der Waals surface area contributed by atoms with E-state index in [0.29, 0.717) is 48.6 Å². The number of halogens is 1. The lowest BCUT2D eigenvalue weighted by molar-refractivity contribution is -0.151. The molecule has 6 nitrogen and oxygen atoms in total. The SMILES string of the molecule is O=C(c1cn[nH]c1-c1ccc(Cl)cc1)N1CC=C(C2(C(=O)O)CCC2)CC1. The van der Waals surface area contributed by atoms with Crippen molar-refractivity contribution >= 4 is 23.5 Å². The summed E-state index contributed by atoms with van der Waals surface area (Å²) in [5, 5.41) is 17.2. The third-order valence-corrected chi connectivity index (χ3v) is 5.98. The Kier molecular flexibility index (Phi) is 4.52. The molecule has 27 heavy (non-hydrogen) atoms. The highest BCUT2D eigenvalue weighted by Gasteiger charge is 2.47. The minimum Gasteiger partial charge on any atom is -0.481 e. The van der Waals surface area contributed by atoms with E-state index >= 15 is 0 Å². The van der Waals surface area contributed by atoms with Crippen LogP contribution in [0.4, 0.5) is 0 Å². The maximum Gasteiger partial charge on any atom is 0.313 e. The molecule has 0 spiro atoms. The van der Waals surface area contributed by atoms with Gasteiger partial charge in [0.05, 0.1) is 22.9 Å². The molecule has 0 bridgehead atoms. The second kappa shape index (κ2) is 6.85. The number of H-pyrrole nitrogens is 1. The average molecular weight is 386 g/mol. The van der Waals surface area contributed by atoms with Gasteiger partial charge in [-0.05, 0) is 31.4 Å². The molecule has 2 aliphatic rings. The van der Waals surface area contributed by atoms with E-state index in [0.717, 1.165) is 17.6 Å². The third kappa shape index (κ3) is 3.04. The predicted molar refractivity (Wildman–Crippen MR) is 102 cm³/mol. The number of benzene rings is 1. The minimum atomic E-state index is -0.736. The molecule has 1 aliphatic heterocycles. The molecule has 4 rings (SSSR count). The van der Waals surface area contributed by atoms with Crippen molar-refractivity contribution in [2.75, 3.05) is 13.1 Å². The number of carbonyl (C=O) groups excluding carboxylic acids is 1. The van der Waals surface area contributed by atoms with Crippen LogP contribution in [0.1, 0.15) is 36.0 Å². The van der Waals surface area contributed by atoms with Gasteiger partial charge in [0.2, 0.25) is 0 Å². The number of rotatable bonds is 4. The van der Waals surface area contributed by atoms with Gasteiger partial charge in [-0.15, -0.1) is 0 Å². The number of aliphatic carboxylic acids is 1. The Morgan fingerprint density at radius 2 is 1.96 bits per heavy atom. The lowest BCUT2D eigenvalue weighted by Crippen LogP contribution is -2.44. The number of nitrogens with one attached hydrogen (secondary N) is 1. The van der Waals surface area contributed by atoms with Crippen molar-refractivity contribution in [1.29, 1.82) is 0 Å². The van der Waals surface area contributed by atoms with Gasteiger partial charge in [0, 0.05) is 23.7 Å². The van der Waals surface area contributed by atoms with Crippen molar-refractivity contribution in [2.24, 2.45) is 5.41 Å². The summed E-state index contributed by atoms with van der Waals surface area (Å²) in [5.74, 6) is -0.846. The molecule has 140 valence electrons. The summed E-state index contributed by atoms with van der Waals surface area (Å²) in [4.78, 5) is 26.4. The largest absolute Gasteiger partial charge is 0.481 e. The van der Waals surface area contributed by atoms with Gasteiger partial charge in [-0.1, -0.05) is 41.8 Å². The molecule has 0 radical (unpaired) electrons. The normalized spacial score (nSPS) is 18.6. The monoisotopic (exact) mass is 385 g/mol. The summed E-state index contributed by atoms with van der Waals surface area (Å²) in [6.07, 6.45) is 6.42. The number of carboxylic acids is 1. The molecule has 0 atom stereocenters. The number of aromatic nitrogens is 2. The summed E-state index contributed by atoms with van der Waals surface area (Å²) in [6, 6.07) is 7.22. The first kappa shape index (κ1) is 17.8. The van der Waals surface area contributed by atoms with Crippen LogP contribution in [0.25, 0.3) is 11.3 Å². The van der Waals surface area contributed by atoms with Crippen LogP contribution in [0, 0.1) is 5.41 Å². The average Bonchev–Trinajstić information content (AvgIpc) is 3.11. The van der Waals surface area contributed by atoms with Crippen molar-refractivity contribution in [1.82, 2.24) is 15.1 Å². The number of aromatic amines is 1. The first-order valence-corrected chi connectivity index (χ1v) is 9.40. The van der Waals surface area contributed by atoms with E-state index < -0.39 is 11.4 Å². The molecule has 2 heterocycles.